The van der Waals surface area contributed by atoms with E-state index in [1.807, 2.05) is 31.2 Å². The highest BCUT2D eigenvalue weighted by molar-refractivity contribution is 5.66. The fourth-order valence-corrected chi connectivity index (χ4v) is 2.11. The van der Waals surface area contributed by atoms with Crippen molar-refractivity contribution in [3.05, 3.63) is 53.6 Å². The number of nitrogens with two attached hydrogens (primary N) is 1. The number of halogens is 3. The van der Waals surface area contributed by atoms with Crippen molar-refractivity contribution in [3.8, 4) is 16.9 Å². The minimum absolute atomic E-state index is 0.0211. The van der Waals surface area contributed by atoms with Crippen LogP contribution in [-0.4, -0.2) is 6.36 Å². The molecule has 0 aromatic heterocycles. The summed E-state index contributed by atoms with van der Waals surface area (Å²) in [5, 5.41) is 0. The van der Waals surface area contributed by atoms with Gasteiger partial charge < -0.3 is 10.5 Å². The molecule has 0 fully saturated rings. The zero-order valence-corrected chi connectivity index (χ0v) is 11.6. The van der Waals surface area contributed by atoms with Gasteiger partial charge in [0.25, 0.3) is 0 Å². The predicted octanol–water partition coefficient (Wildman–Crippen LogP) is 4.27. The molecule has 0 aliphatic rings. The number of rotatable bonds is 4. The third kappa shape index (κ3) is 3.98. The summed E-state index contributed by atoms with van der Waals surface area (Å²) >= 11 is 0. The van der Waals surface area contributed by atoms with Crippen molar-refractivity contribution in [3.63, 3.8) is 0 Å². The van der Waals surface area contributed by atoms with Crippen LogP contribution in [0.15, 0.2) is 42.5 Å². The first-order valence-corrected chi connectivity index (χ1v) is 6.61. The highest BCUT2D eigenvalue weighted by atomic mass is 19.4. The topological polar surface area (TPSA) is 35.2 Å². The smallest absolute Gasteiger partial charge is 0.405 e. The van der Waals surface area contributed by atoms with E-state index in [1.165, 1.54) is 6.07 Å². The fourth-order valence-electron chi connectivity index (χ4n) is 2.11. The van der Waals surface area contributed by atoms with Gasteiger partial charge in [-0.25, -0.2) is 0 Å². The first kappa shape index (κ1) is 15.4. The monoisotopic (exact) mass is 295 g/mol. The van der Waals surface area contributed by atoms with Crippen molar-refractivity contribution < 1.29 is 17.9 Å². The van der Waals surface area contributed by atoms with E-state index in [2.05, 4.69) is 4.74 Å². The summed E-state index contributed by atoms with van der Waals surface area (Å²) in [7, 11) is 0. The van der Waals surface area contributed by atoms with Crippen LogP contribution in [0.25, 0.3) is 11.1 Å². The van der Waals surface area contributed by atoms with Gasteiger partial charge in [-0.2, -0.15) is 0 Å². The van der Waals surface area contributed by atoms with E-state index in [1.54, 1.807) is 12.1 Å². The Hall–Kier alpha value is -2.01. The highest BCUT2D eigenvalue weighted by Gasteiger charge is 2.32. The lowest BCUT2D eigenvalue weighted by atomic mass is 10.00. The molecule has 0 saturated heterocycles. The minimum atomic E-state index is -4.71. The molecule has 0 aliphatic heterocycles. The molecular formula is C16H16F3NO. The summed E-state index contributed by atoms with van der Waals surface area (Å²) in [4.78, 5) is 0. The van der Waals surface area contributed by atoms with Gasteiger partial charge in [-0.05, 0) is 35.2 Å². The maximum Gasteiger partial charge on any atom is 0.573 e. The van der Waals surface area contributed by atoms with Crippen LogP contribution in [0.2, 0.25) is 0 Å². The molecule has 0 spiro atoms. The second-order valence-electron chi connectivity index (χ2n) is 4.63. The van der Waals surface area contributed by atoms with Crippen LogP contribution in [0, 0.1) is 0 Å². The summed E-state index contributed by atoms with van der Waals surface area (Å²) < 4.78 is 40.9. The zero-order valence-electron chi connectivity index (χ0n) is 11.6. The summed E-state index contributed by atoms with van der Waals surface area (Å²) in [5.41, 5.74) is 8.78. The van der Waals surface area contributed by atoms with Gasteiger partial charge in [0.1, 0.15) is 5.75 Å². The Morgan fingerprint density at radius 2 is 1.76 bits per heavy atom. The van der Waals surface area contributed by atoms with E-state index in [0.29, 0.717) is 5.56 Å². The Morgan fingerprint density at radius 3 is 2.38 bits per heavy atom. The Morgan fingerprint density at radius 1 is 1.05 bits per heavy atom. The minimum Gasteiger partial charge on any atom is -0.405 e. The Balaban J connectivity index is 2.38. The van der Waals surface area contributed by atoms with Crippen LogP contribution in [0.4, 0.5) is 13.2 Å². The van der Waals surface area contributed by atoms with Gasteiger partial charge >= 0.3 is 6.36 Å². The summed E-state index contributed by atoms with van der Waals surface area (Å²) in [6, 6.07) is 12.4. The molecule has 0 amide bonds. The number of aryl methyl sites for hydroxylation is 1. The molecule has 0 saturated carbocycles. The molecule has 2 rings (SSSR count). The molecule has 2 aromatic rings. The maximum absolute atomic E-state index is 12.3. The van der Waals surface area contributed by atoms with Crippen LogP contribution in [0.3, 0.4) is 0 Å². The molecule has 2 aromatic carbocycles. The standard InChI is InChI=1S/C16H16F3NO/c1-2-11-4-3-5-12(8-11)13-6-7-15(14(9-13)10-20)21-16(17,18)19/h3-9H,2,10,20H2,1H3. The molecule has 0 heterocycles. The average molecular weight is 295 g/mol. The zero-order chi connectivity index (χ0) is 15.5. The van der Waals surface area contributed by atoms with E-state index in [9.17, 15) is 13.2 Å². The van der Waals surface area contributed by atoms with Gasteiger partial charge in [-0.15, -0.1) is 13.2 Å². The van der Waals surface area contributed by atoms with E-state index in [4.69, 9.17) is 5.73 Å². The molecular weight excluding hydrogens is 279 g/mol. The summed E-state index contributed by atoms with van der Waals surface area (Å²) in [6.07, 6.45) is -3.82. The first-order valence-electron chi connectivity index (χ1n) is 6.61. The number of hydrogen-bond acceptors (Lipinski definition) is 2. The van der Waals surface area contributed by atoms with E-state index >= 15 is 0 Å². The molecule has 5 heteroatoms. The largest absolute Gasteiger partial charge is 0.573 e. The van der Waals surface area contributed by atoms with E-state index in [-0.39, 0.29) is 12.3 Å². The quantitative estimate of drug-likeness (QED) is 0.914. The number of benzene rings is 2. The molecule has 0 radical (unpaired) electrons. The highest BCUT2D eigenvalue weighted by Crippen LogP contribution is 2.30. The normalized spacial score (nSPS) is 11.5. The number of alkyl halides is 3. The van der Waals surface area contributed by atoms with Crippen LogP contribution < -0.4 is 10.5 Å². The number of hydrogen-bond donors (Lipinski definition) is 1. The second kappa shape index (κ2) is 6.18. The van der Waals surface area contributed by atoms with Crippen LogP contribution in [0.5, 0.6) is 5.75 Å². The first-order chi connectivity index (χ1) is 9.93. The summed E-state index contributed by atoms with van der Waals surface area (Å²) in [6.45, 7) is 2.03. The van der Waals surface area contributed by atoms with Crippen LogP contribution in [-0.2, 0) is 13.0 Å². The molecule has 21 heavy (non-hydrogen) atoms. The van der Waals surface area contributed by atoms with Gasteiger partial charge in [0, 0.05) is 12.1 Å². The molecule has 2 N–H and O–H groups in total. The Labute approximate surface area is 121 Å². The van der Waals surface area contributed by atoms with Crippen molar-refractivity contribution in [1.82, 2.24) is 0 Å². The number of ether oxygens (including phenoxy) is 1. The van der Waals surface area contributed by atoms with Gasteiger partial charge in [0.2, 0.25) is 0 Å². The molecule has 2 nitrogen and oxygen atoms in total. The van der Waals surface area contributed by atoms with E-state index in [0.717, 1.165) is 23.1 Å². The third-order valence-corrected chi connectivity index (χ3v) is 3.17. The van der Waals surface area contributed by atoms with E-state index < -0.39 is 6.36 Å². The van der Waals surface area contributed by atoms with Crippen LogP contribution >= 0.6 is 0 Å². The fraction of sp³-hybridized carbons (Fsp3) is 0.250. The molecule has 0 unspecified atom stereocenters. The van der Waals surface area contributed by atoms with Crippen molar-refractivity contribution in [1.29, 1.82) is 0 Å². The maximum atomic E-state index is 12.3. The van der Waals surface area contributed by atoms with Crippen molar-refractivity contribution >= 4 is 0 Å². The van der Waals surface area contributed by atoms with Gasteiger partial charge in [0.15, 0.2) is 0 Å². The lowest BCUT2D eigenvalue weighted by molar-refractivity contribution is -0.274. The van der Waals surface area contributed by atoms with Crippen molar-refractivity contribution in [2.24, 2.45) is 5.73 Å². The van der Waals surface area contributed by atoms with Gasteiger partial charge in [-0.3, -0.25) is 0 Å². The predicted molar refractivity (Wildman–Crippen MR) is 75.8 cm³/mol. The summed E-state index contributed by atoms with van der Waals surface area (Å²) in [5.74, 6) is -0.250. The molecule has 0 atom stereocenters. The average Bonchev–Trinajstić information content (AvgIpc) is 2.46. The van der Waals surface area contributed by atoms with Crippen LogP contribution in [0.1, 0.15) is 18.1 Å². The van der Waals surface area contributed by atoms with Gasteiger partial charge in [0.05, 0.1) is 0 Å². The van der Waals surface area contributed by atoms with Gasteiger partial charge in [-0.1, -0.05) is 37.3 Å². The van der Waals surface area contributed by atoms with Crippen molar-refractivity contribution in [2.45, 2.75) is 26.3 Å². The molecule has 0 aliphatic carbocycles. The Kier molecular flexibility index (Phi) is 4.53. The molecule has 112 valence electrons. The SMILES string of the molecule is CCc1cccc(-c2ccc(OC(F)(F)F)c(CN)c2)c1. The lowest BCUT2D eigenvalue weighted by Crippen LogP contribution is -2.18. The van der Waals surface area contributed by atoms with Crippen molar-refractivity contribution in [2.75, 3.05) is 0 Å². The third-order valence-electron chi connectivity index (χ3n) is 3.17. The Bertz CT molecular complexity index is 623. The lowest BCUT2D eigenvalue weighted by Gasteiger charge is -2.14. The molecule has 0 bridgehead atoms. The second-order valence-corrected chi connectivity index (χ2v) is 4.63.